The number of hydrogen-bond donors (Lipinski definition) is 3. The summed E-state index contributed by atoms with van der Waals surface area (Å²) in [7, 11) is 0. The molecule has 0 saturated heterocycles. The van der Waals surface area contributed by atoms with Gasteiger partial charge in [-0.1, -0.05) is 11.8 Å². The van der Waals surface area contributed by atoms with Gasteiger partial charge >= 0.3 is 5.97 Å². The predicted molar refractivity (Wildman–Crippen MR) is 94.7 cm³/mol. The molecule has 9 heteroatoms. The largest absolute Gasteiger partial charge is 0.480 e. The number of anilines is 1. The fourth-order valence-electron chi connectivity index (χ4n) is 2.90. The third-order valence-corrected chi connectivity index (χ3v) is 5.72. The Morgan fingerprint density at radius 3 is 2.79 bits per heavy atom. The van der Waals surface area contributed by atoms with Crippen molar-refractivity contribution < 1.29 is 14.7 Å². The Bertz CT molecular complexity index is 806. The molecule has 2 heterocycles. The first-order chi connectivity index (χ1) is 11.5. The van der Waals surface area contributed by atoms with Crippen molar-refractivity contribution in [3.63, 3.8) is 0 Å². The highest BCUT2D eigenvalue weighted by atomic mass is 32.2. The normalized spacial score (nSPS) is 15.0. The van der Waals surface area contributed by atoms with Gasteiger partial charge in [0.15, 0.2) is 5.16 Å². The van der Waals surface area contributed by atoms with E-state index in [1.54, 1.807) is 11.3 Å². The van der Waals surface area contributed by atoms with Gasteiger partial charge in [0, 0.05) is 4.88 Å². The number of aromatic nitrogens is 2. The van der Waals surface area contributed by atoms with E-state index in [1.165, 1.54) is 22.2 Å². The molecule has 0 radical (unpaired) electrons. The second-order valence-electron chi connectivity index (χ2n) is 5.66. The van der Waals surface area contributed by atoms with Gasteiger partial charge in [-0.2, -0.15) is 0 Å². The summed E-state index contributed by atoms with van der Waals surface area (Å²) in [6, 6.07) is -1.10. The molecule has 1 aliphatic rings. The van der Waals surface area contributed by atoms with Crippen LogP contribution in [-0.4, -0.2) is 39.2 Å². The minimum Gasteiger partial charge on any atom is -0.480 e. The van der Waals surface area contributed by atoms with Gasteiger partial charge in [0.2, 0.25) is 5.91 Å². The third kappa shape index (κ3) is 3.32. The molecule has 0 saturated carbocycles. The number of aryl methyl sites for hydroxylation is 2. The van der Waals surface area contributed by atoms with Gasteiger partial charge < -0.3 is 16.2 Å². The Morgan fingerprint density at radius 1 is 1.38 bits per heavy atom. The first-order valence-corrected chi connectivity index (χ1v) is 9.67. The lowest BCUT2D eigenvalue weighted by atomic mass is 9.97. The van der Waals surface area contributed by atoms with Crippen molar-refractivity contribution in [1.82, 2.24) is 9.97 Å². The lowest BCUT2D eigenvalue weighted by molar-refractivity contribution is -0.139. The number of carbonyl (C=O) groups excluding carboxylic acids is 1. The molecule has 1 aliphatic carbocycles. The Kier molecular flexibility index (Phi) is 4.91. The SMILES string of the molecule is CSc1nc(N[C@@H](CC(N)=O)C(=O)O)c2c3c(sc2n1)CCCC3. The van der Waals surface area contributed by atoms with Gasteiger partial charge in [0.1, 0.15) is 16.7 Å². The number of carboxylic acids is 1. The number of carbonyl (C=O) groups is 2. The van der Waals surface area contributed by atoms with Crippen LogP contribution in [0, 0.1) is 0 Å². The molecule has 24 heavy (non-hydrogen) atoms. The zero-order chi connectivity index (χ0) is 17.3. The second-order valence-corrected chi connectivity index (χ2v) is 7.51. The third-order valence-electron chi connectivity index (χ3n) is 3.99. The van der Waals surface area contributed by atoms with Crippen LogP contribution in [0.25, 0.3) is 10.2 Å². The number of hydrogen-bond acceptors (Lipinski definition) is 7. The van der Waals surface area contributed by atoms with Gasteiger partial charge in [0.25, 0.3) is 0 Å². The number of nitrogens with one attached hydrogen (secondary N) is 1. The molecule has 0 fully saturated rings. The number of amides is 1. The maximum Gasteiger partial charge on any atom is 0.326 e. The van der Waals surface area contributed by atoms with Gasteiger partial charge in [0.05, 0.1) is 11.8 Å². The molecular formula is C15H18N4O3S2. The molecule has 0 spiro atoms. The molecule has 2 aromatic heterocycles. The lowest BCUT2D eigenvalue weighted by Gasteiger charge is -2.16. The summed E-state index contributed by atoms with van der Waals surface area (Å²) in [5.41, 5.74) is 6.38. The highest BCUT2D eigenvalue weighted by molar-refractivity contribution is 7.98. The van der Waals surface area contributed by atoms with Crippen molar-refractivity contribution in [2.75, 3.05) is 11.6 Å². The fourth-order valence-corrected chi connectivity index (χ4v) is 4.58. The number of carboxylic acid groups (broad SMARTS) is 1. The summed E-state index contributed by atoms with van der Waals surface area (Å²) < 4.78 is 0. The maximum atomic E-state index is 11.4. The summed E-state index contributed by atoms with van der Waals surface area (Å²) >= 11 is 3.05. The topological polar surface area (TPSA) is 118 Å². The van der Waals surface area contributed by atoms with Crippen molar-refractivity contribution in [1.29, 1.82) is 0 Å². The van der Waals surface area contributed by atoms with Gasteiger partial charge in [-0.25, -0.2) is 14.8 Å². The van der Waals surface area contributed by atoms with E-state index in [1.807, 2.05) is 6.26 Å². The highest BCUT2D eigenvalue weighted by Crippen LogP contribution is 2.39. The van der Waals surface area contributed by atoms with Crippen LogP contribution in [0.2, 0.25) is 0 Å². The van der Waals surface area contributed by atoms with Crippen molar-refractivity contribution >= 4 is 51.0 Å². The summed E-state index contributed by atoms with van der Waals surface area (Å²) in [5.74, 6) is -1.31. The first-order valence-electron chi connectivity index (χ1n) is 7.63. The zero-order valence-electron chi connectivity index (χ0n) is 13.2. The number of aliphatic carboxylic acids is 1. The van der Waals surface area contributed by atoms with E-state index >= 15 is 0 Å². The van der Waals surface area contributed by atoms with Crippen LogP contribution < -0.4 is 11.1 Å². The van der Waals surface area contributed by atoms with Crippen molar-refractivity contribution in [2.24, 2.45) is 5.73 Å². The average Bonchev–Trinajstić information content (AvgIpc) is 2.91. The van der Waals surface area contributed by atoms with E-state index < -0.39 is 17.9 Å². The van der Waals surface area contributed by atoms with E-state index in [0.717, 1.165) is 35.9 Å². The summed E-state index contributed by atoms with van der Waals surface area (Å²) in [6.45, 7) is 0. The molecule has 1 atom stereocenters. The summed E-state index contributed by atoms with van der Waals surface area (Å²) in [5, 5.41) is 13.7. The molecule has 4 N–H and O–H groups in total. The molecule has 1 amide bonds. The Morgan fingerprint density at radius 2 is 2.12 bits per heavy atom. The lowest BCUT2D eigenvalue weighted by Crippen LogP contribution is -2.34. The predicted octanol–water partition coefficient (Wildman–Crippen LogP) is 2.03. The molecule has 128 valence electrons. The van der Waals surface area contributed by atoms with Crippen LogP contribution in [-0.2, 0) is 22.4 Å². The van der Waals surface area contributed by atoms with E-state index in [-0.39, 0.29) is 6.42 Å². The van der Waals surface area contributed by atoms with Crippen LogP contribution in [0.5, 0.6) is 0 Å². The number of primary amides is 1. The van der Waals surface area contributed by atoms with Gasteiger partial charge in [-0.15, -0.1) is 11.3 Å². The minimum atomic E-state index is -1.13. The monoisotopic (exact) mass is 366 g/mol. The smallest absolute Gasteiger partial charge is 0.326 e. The maximum absolute atomic E-state index is 11.4. The summed E-state index contributed by atoms with van der Waals surface area (Å²) in [4.78, 5) is 33.8. The summed E-state index contributed by atoms with van der Waals surface area (Å²) in [6.07, 6.45) is 5.81. The molecule has 0 bridgehead atoms. The van der Waals surface area contributed by atoms with E-state index in [0.29, 0.717) is 11.0 Å². The van der Waals surface area contributed by atoms with E-state index in [4.69, 9.17) is 5.73 Å². The number of thiophene rings is 1. The number of thioether (sulfide) groups is 1. The highest BCUT2D eigenvalue weighted by Gasteiger charge is 2.25. The number of nitrogens with two attached hydrogens (primary N) is 1. The standard InChI is InChI=1S/C15H18N4O3S2/c1-23-15-18-12(17-8(14(21)22)6-10(16)20)11-7-4-2-3-5-9(7)24-13(11)19-15/h8H,2-6H2,1H3,(H2,16,20)(H,21,22)(H,17,18,19)/t8-/m0/s1. The second kappa shape index (κ2) is 6.94. The van der Waals surface area contributed by atoms with Crippen molar-refractivity contribution in [3.8, 4) is 0 Å². The Balaban J connectivity index is 2.09. The number of fused-ring (bicyclic) bond motifs is 3. The molecule has 0 unspecified atom stereocenters. The molecule has 3 rings (SSSR count). The number of nitrogens with zero attached hydrogens (tertiary/aromatic N) is 2. The van der Waals surface area contributed by atoms with E-state index in [2.05, 4.69) is 15.3 Å². The van der Waals surface area contributed by atoms with Crippen LogP contribution in [0.1, 0.15) is 29.7 Å². The van der Waals surface area contributed by atoms with Crippen LogP contribution >= 0.6 is 23.1 Å². The first kappa shape index (κ1) is 17.0. The molecule has 0 aromatic carbocycles. The molecule has 7 nitrogen and oxygen atoms in total. The average molecular weight is 366 g/mol. The Hall–Kier alpha value is -1.87. The minimum absolute atomic E-state index is 0.290. The van der Waals surface area contributed by atoms with E-state index in [9.17, 15) is 14.7 Å². The van der Waals surface area contributed by atoms with Gasteiger partial charge in [-0.3, -0.25) is 4.79 Å². The quantitative estimate of drug-likeness (QED) is 0.529. The van der Waals surface area contributed by atoms with Crippen molar-refractivity contribution in [2.45, 2.75) is 43.3 Å². The van der Waals surface area contributed by atoms with Crippen LogP contribution in [0.3, 0.4) is 0 Å². The van der Waals surface area contributed by atoms with Crippen LogP contribution in [0.15, 0.2) is 5.16 Å². The zero-order valence-corrected chi connectivity index (χ0v) is 14.8. The Labute approximate surface area is 147 Å². The van der Waals surface area contributed by atoms with Gasteiger partial charge in [-0.05, 0) is 37.5 Å². The van der Waals surface area contributed by atoms with Crippen molar-refractivity contribution in [3.05, 3.63) is 10.4 Å². The fraction of sp³-hybridized carbons (Fsp3) is 0.467. The molecule has 2 aromatic rings. The molecule has 0 aliphatic heterocycles. The van der Waals surface area contributed by atoms with Crippen LogP contribution in [0.4, 0.5) is 5.82 Å². The molecular weight excluding hydrogens is 348 g/mol. The number of rotatable bonds is 6.